The molecule has 0 bridgehead atoms. The second kappa shape index (κ2) is 12.5. The summed E-state index contributed by atoms with van der Waals surface area (Å²) < 4.78 is 5.12. The maximum atomic E-state index is 5.12. The Morgan fingerprint density at radius 2 is 1.88 bits per heavy atom. The average molecular weight is 446 g/mol. The van der Waals surface area contributed by atoms with Crippen LogP contribution in [0.25, 0.3) is 0 Å². The number of rotatable bonds is 7. The lowest BCUT2D eigenvalue weighted by molar-refractivity contribution is 0.163. The third kappa shape index (κ3) is 7.81. The Morgan fingerprint density at radius 3 is 2.54 bits per heavy atom. The molecule has 1 aromatic carbocycles. The van der Waals surface area contributed by atoms with Crippen molar-refractivity contribution in [1.29, 1.82) is 0 Å². The molecule has 136 valence electrons. The van der Waals surface area contributed by atoms with Crippen molar-refractivity contribution in [3.05, 3.63) is 30.3 Å². The van der Waals surface area contributed by atoms with Crippen molar-refractivity contribution < 1.29 is 4.74 Å². The van der Waals surface area contributed by atoms with Gasteiger partial charge in [0.2, 0.25) is 0 Å². The van der Waals surface area contributed by atoms with E-state index in [1.807, 2.05) is 6.07 Å². The van der Waals surface area contributed by atoms with E-state index in [9.17, 15) is 0 Å². The molecule has 1 N–H and O–H groups in total. The molecule has 2 rings (SSSR count). The summed E-state index contributed by atoms with van der Waals surface area (Å²) in [6.45, 7) is 5.64. The number of para-hydroxylation sites is 1. The van der Waals surface area contributed by atoms with Gasteiger partial charge in [0.05, 0.1) is 13.2 Å². The standard InChI is InChI=1S/C18H30N4O.HI/c1-21(15-16-23-2)14-11-19-18(22-12-7-4-8-13-22)20-17-9-5-3-6-10-17;/h3,5-6,9-10H,4,7-8,11-16H2,1-2H3,(H,19,20);1H. The third-order valence-corrected chi connectivity index (χ3v) is 4.11. The van der Waals surface area contributed by atoms with Crippen LogP contribution < -0.4 is 5.32 Å². The maximum absolute atomic E-state index is 5.12. The number of ether oxygens (including phenoxy) is 1. The topological polar surface area (TPSA) is 40.1 Å². The van der Waals surface area contributed by atoms with Crippen molar-refractivity contribution in [3.8, 4) is 0 Å². The molecule has 1 aromatic rings. The SMILES string of the molecule is COCCN(C)CCN=C(Nc1ccccc1)N1CCCCC1.I. The van der Waals surface area contributed by atoms with Gasteiger partial charge in [0.15, 0.2) is 5.96 Å². The van der Waals surface area contributed by atoms with Crippen LogP contribution in [0.5, 0.6) is 0 Å². The summed E-state index contributed by atoms with van der Waals surface area (Å²) in [6, 6.07) is 10.3. The zero-order chi connectivity index (χ0) is 16.3. The van der Waals surface area contributed by atoms with E-state index in [4.69, 9.17) is 9.73 Å². The number of nitrogens with zero attached hydrogens (tertiary/aromatic N) is 3. The number of halogens is 1. The Bertz CT molecular complexity index is 463. The molecule has 1 saturated heterocycles. The largest absolute Gasteiger partial charge is 0.383 e. The summed E-state index contributed by atoms with van der Waals surface area (Å²) in [4.78, 5) is 9.47. The van der Waals surface area contributed by atoms with Gasteiger partial charge in [-0.15, -0.1) is 24.0 Å². The summed E-state index contributed by atoms with van der Waals surface area (Å²) in [5.74, 6) is 1.01. The molecule has 0 amide bonds. The van der Waals surface area contributed by atoms with E-state index in [0.717, 1.165) is 51.0 Å². The normalized spacial score (nSPS) is 15.3. The van der Waals surface area contributed by atoms with Crippen molar-refractivity contribution in [2.24, 2.45) is 4.99 Å². The van der Waals surface area contributed by atoms with Crippen LogP contribution in [-0.4, -0.2) is 69.2 Å². The van der Waals surface area contributed by atoms with Gasteiger partial charge in [-0.1, -0.05) is 18.2 Å². The average Bonchev–Trinajstić information content (AvgIpc) is 2.61. The fourth-order valence-corrected chi connectivity index (χ4v) is 2.66. The van der Waals surface area contributed by atoms with E-state index in [2.05, 4.69) is 46.4 Å². The summed E-state index contributed by atoms with van der Waals surface area (Å²) in [7, 11) is 3.85. The van der Waals surface area contributed by atoms with Crippen LogP contribution in [0.3, 0.4) is 0 Å². The number of hydrogen-bond acceptors (Lipinski definition) is 3. The van der Waals surface area contributed by atoms with Crippen molar-refractivity contribution >= 4 is 35.6 Å². The van der Waals surface area contributed by atoms with Gasteiger partial charge < -0.3 is 19.9 Å². The predicted molar refractivity (Wildman–Crippen MR) is 113 cm³/mol. The Balaban J connectivity index is 0.00000288. The van der Waals surface area contributed by atoms with E-state index in [1.54, 1.807) is 7.11 Å². The smallest absolute Gasteiger partial charge is 0.198 e. The van der Waals surface area contributed by atoms with E-state index >= 15 is 0 Å². The highest BCUT2D eigenvalue weighted by atomic mass is 127. The number of hydrogen-bond donors (Lipinski definition) is 1. The van der Waals surface area contributed by atoms with Crippen LogP contribution in [-0.2, 0) is 4.74 Å². The van der Waals surface area contributed by atoms with Gasteiger partial charge in [-0.25, -0.2) is 0 Å². The lowest BCUT2D eigenvalue weighted by atomic mass is 10.1. The number of likely N-dealkylation sites (tertiary alicyclic amines) is 1. The fourth-order valence-electron chi connectivity index (χ4n) is 2.66. The molecule has 1 fully saturated rings. The number of anilines is 1. The van der Waals surface area contributed by atoms with Gasteiger partial charge in [0, 0.05) is 39.0 Å². The minimum Gasteiger partial charge on any atom is -0.383 e. The molecule has 0 atom stereocenters. The number of likely N-dealkylation sites (N-methyl/N-ethyl adjacent to an activating group) is 1. The Hall–Kier alpha value is -0.860. The number of methoxy groups -OCH3 is 1. The first-order chi connectivity index (χ1) is 11.3. The van der Waals surface area contributed by atoms with Gasteiger partial charge in [-0.3, -0.25) is 4.99 Å². The minimum absolute atomic E-state index is 0. The Labute approximate surface area is 163 Å². The summed E-state index contributed by atoms with van der Waals surface area (Å²) >= 11 is 0. The summed E-state index contributed by atoms with van der Waals surface area (Å²) in [5.41, 5.74) is 1.10. The number of guanidine groups is 1. The van der Waals surface area contributed by atoms with Crippen LogP contribution in [0, 0.1) is 0 Å². The third-order valence-electron chi connectivity index (χ3n) is 4.11. The fraction of sp³-hybridized carbons (Fsp3) is 0.611. The van der Waals surface area contributed by atoms with Gasteiger partial charge >= 0.3 is 0 Å². The van der Waals surface area contributed by atoms with Crippen LogP contribution in [0.2, 0.25) is 0 Å². The van der Waals surface area contributed by atoms with Crippen LogP contribution in [0.1, 0.15) is 19.3 Å². The molecule has 1 aliphatic heterocycles. The highest BCUT2D eigenvalue weighted by Gasteiger charge is 2.14. The second-order valence-electron chi connectivity index (χ2n) is 6.04. The van der Waals surface area contributed by atoms with E-state index in [0.29, 0.717) is 0 Å². The lowest BCUT2D eigenvalue weighted by Gasteiger charge is -2.30. The zero-order valence-electron chi connectivity index (χ0n) is 14.9. The van der Waals surface area contributed by atoms with Crippen LogP contribution in [0.4, 0.5) is 5.69 Å². The van der Waals surface area contributed by atoms with Crippen LogP contribution >= 0.6 is 24.0 Å². The van der Waals surface area contributed by atoms with Crippen molar-refractivity contribution in [2.75, 3.05) is 58.8 Å². The first kappa shape index (κ1) is 21.2. The molecular formula is C18H31IN4O. The van der Waals surface area contributed by atoms with Crippen molar-refractivity contribution in [3.63, 3.8) is 0 Å². The molecule has 24 heavy (non-hydrogen) atoms. The van der Waals surface area contributed by atoms with Crippen molar-refractivity contribution in [2.45, 2.75) is 19.3 Å². The van der Waals surface area contributed by atoms with E-state index < -0.39 is 0 Å². The number of aliphatic imine (C=N–C) groups is 1. The molecule has 5 nitrogen and oxygen atoms in total. The molecule has 1 aliphatic rings. The van der Waals surface area contributed by atoms with Crippen molar-refractivity contribution in [1.82, 2.24) is 9.80 Å². The quantitative estimate of drug-likeness (QED) is 0.397. The second-order valence-corrected chi connectivity index (χ2v) is 6.04. The first-order valence-electron chi connectivity index (χ1n) is 8.58. The maximum Gasteiger partial charge on any atom is 0.198 e. The molecule has 1 heterocycles. The van der Waals surface area contributed by atoms with Gasteiger partial charge in [-0.2, -0.15) is 0 Å². The molecule has 0 aliphatic carbocycles. The number of piperidine rings is 1. The first-order valence-corrected chi connectivity index (χ1v) is 8.58. The van der Waals surface area contributed by atoms with E-state index in [-0.39, 0.29) is 24.0 Å². The molecule has 0 spiro atoms. The van der Waals surface area contributed by atoms with E-state index in [1.165, 1.54) is 19.3 Å². The molecular weight excluding hydrogens is 415 g/mol. The highest BCUT2D eigenvalue weighted by Crippen LogP contribution is 2.12. The zero-order valence-corrected chi connectivity index (χ0v) is 17.2. The summed E-state index contributed by atoms with van der Waals surface area (Å²) in [6.07, 6.45) is 3.83. The monoisotopic (exact) mass is 446 g/mol. The predicted octanol–water partition coefficient (Wildman–Crippen LogP) is 3.14. The number of benzene rings is 1. The molecule has 6 heteroatoms. The molecule has 0 aromatic heterocycles. The Morgan fingerprint density at radius 1 is 1.17 bits per heavy atom. The lowest BCUT2D eigenvalue weighted by Crippen LogP contribution is -2.40. The number of nitrogens with one attached hydrogen (secondary N) is 1. The molecule has 0 saturated carbocycles. The molecule has 0 radical (unpaired) electrons. The van der Waals surface area contributed by atoms with Gasteiger partial charge in [0.1, 0.15) is 0 Å². The van der Waals surface area contributed by atoms with Crippen LogP contribution in [0.15, 0.2) is 35.3 Å². The molecule has 0 unspecified atom stereocenters. The van der Waals surface area contributed by atoms with Gasteiger partial charge in [0.25, 0.3) is 0 Å². The highest BCUT2D eigenvalue weighted by molar-refractivity contribution is 14.0. The minimum atomic E-state index is 0. The Kier molecular flexibility index (Phi) is 11.0. The summed E-state index contributed by atoms with van der Waals surface area (Å²) in [5, 5.41) is 3.50. The van der Waals surface area contributed by atoms with Gasteiger partial charge in [-0.05, 0) is 38.4 Å².